The van der Waals surface area contributed by atoms with E-state index in [0.717, 1.165) is 23.8 Å². The summed E-state index contributed by atoms with van der Waals surface area (Å²) in [7, 11) is 3.69. The summed E-state index contributed by atoms with van der Waals surface area (Å²) < 4.78 is 5.42. The number of rotatable bonds is 6. The first-order valence-electron chi connectivity index (χ1n) is 7.23. The van der Waals surface area contributed by atoms with Crippen molar-refractivity contribution in [2.75, 3.05) is 25.6 Å². The van der Waals surface area contributed by atoms with Gasteiger partial charge in [0.05, 0.1) is 12.8 Å². The average Bonchev–Trinajstić information content (AvgIpc) is 2.54. The van der Waals surface area contributed by atoms with E-state index < -0.39 is 0 Å². The lowest BCUT2D eigenvalue weighted by molar-refractivity contribution is 0.415. The zero-order valence-electron chi connectivity index (χ0n) is 13.1. The van der Waals surface area contributed by atoms with Gasteiger partial charge in [-0.1, -0.05) is 19.1 Å². The second kappa shape index (κ2) is 7.09. The van der Waals surface area contributed by atoms with E-state index in [0.29, 0.717) is 6.04 Å². The highest BCUT2D eigenvalue weighted by molar-refractivity contribution is 5.66. The molecular formula is C17H23N3O. The lowest BCUT2D eigenvalue weighted by atomic mass is 10.1. The number of pyridine rings is 1. The number of nitrogens with zero attached hydrogens (tertiary/aromatic N) is 2. The first kappa shape index (κ1) is 15.3. The van der Waals surface area contributed by atoms with Crippen LogP contribution in [0, 0.1) is 0 Å². The summed E-state index contributed by atoms with van der Waals surface area (Å²) in [4.78, 5) is 6.52. The zero-order valence-corrected chi connectivity index (χ0v) is 13.1. The molecule has 0 aliphatic heterocycles. The van der Waals surface area contributed by atoms with E-state index in [1.165, 1.54) is 5.56 Å². The predicted molar refractivity (Wildman–Crippen MR) is 87.4 cm³/mol. The van der Waals surface area contributed by atoms with E-state index in [2.05, 4.69) is 30.2 Å². The third kappa shape index (κ3) is 3.52. The van der Waals surface area contributed by atoms with Gasteiger partial charge < -0.3 is 15.0 Å². The summed E-state index contributed by atoms with van der Waals surface area (Å²) in [6.45, 7) is 5.21. The molecule has 4 heteroatoms. The predicted octanol–water partition coefficient (Wildman–Crippen LogP) is 3.53. The van der Waals surface area contributed by atoms with Crippen LogP contribution in [0.25, 0.3) is 0 Å². The molecule has 1 aromatic heterocycles. The molecular weight excluding hydrogens is 262 g/mol. The molecule has 1 N–H and O–H groups in total. The van der Waals surface area contributed by atoms with Gasteiger partial charge in [0.1, 0.15) is 11.6 Å². The van der Waals surface area contributed by atoms with Crippen LogP contribution < -0.4 is 15.0 Å². The van der Waals surface area contributed by atoms with Crippen LogP contribution in [0.15, 0.2) is 42.6 Å². The number of aromatic nitrogens is 1. The van der Waals surface area contributed by atoms with Gasteiger partial charge >= 0.3 is 0 Å². The van der Waals surface area contributed by atoms with Gasteiger partial charge in [0.15, 0.2) is 0 Å². The molecule has 112 valence electrons. The van der Waals surface area contributed by atoms with E-state index >= 15 is 0 Å². The average molecular weight is 285 g/mol. The molecule has 21 heavy (non-hydrogen) atoms. The monoisotopic (exact) mass is 285 g/mol. The summed E-state index contributed by atoms with van der Waals surface area (Å²) >= 11 is 0. The number of hydrogen-bond donors (Lipinski definition) is 1. The molecule has 0 bridgehead atoms. The Bertz CT molecular complexity index is 586. The Morgan fingerprint density at radius 1 is 1.29 bits per heavy atom. The van der Waals surface area contributed by atoms with Crippen LogP contribution in [-0.2, 0) is 0 Å². The molecule has 0 aliphatic rings. The summed E-state index contributed by atoms with van der Waals surface area (Å²) in [5, 5.41) is 3.42. The SMILES string of the molecule is CCNC(C)c1ccnc(N(C)c2ccccc2OC)c1. The van der Waals surface area contributed by atoms with Crippen LogP contribution in [0.4, 0.5) is 11.5 Å². The smallest absolute Gasteiger partial charge is 0.142 e. The van der Waals surface area contributed by atoms with Crippen molar-refractivity contribution in [1.82, 2.24) is 10.3 Å². The first-order chi connectivity index (χ1) is 10.2. The Labute approximate surface area is 126 Å². The normalized spacial score (nSPS) is 12.0. The van der Waals surface area contributed by atoms with E-state index in [4.69, 9.17) is 4.74 Å². The molecule has 2 aromatic rings. The van der Waals surface area contributed by atoms with Crippen LogP contribution in [0.2, 0.25) is 0 Å². The second-order valence-electron chi connectivity index (χ2n) is 4.96. The number of ether oxygens (including phenoxy) is 1. The minimum Gasteiger partial charge on any atom is -0.495 e. The van der Waals surface area contributed by atoms with Crippen molar-refractivity contribution in [3.05, 3.63) is 48.2 Å². The molecule has 1 atom stereocenters. The van der Waals surface area contributed by atoms with Crippen molar-refractivity contribution >= 4 is 11.5 Å². The molecule has 1 unspecified atom stereocenters. The highest BCUT2D eigenvalue weighted by atomic mass is 16.5. The van der Waals surface area contributed by atoms with Crippen molar-refractivity contribution in [3.63, 3.8) is 0 Å². The fourth-order valence-electron chi connectivity index (χ4n) is 2.34. The summed E-state index contributed by atoms with van der Waals surface area (Å²) in [5.41, 5.74) is 2.23. The number of nitrogens with one attached hydrogen (secondary N) is 1. The second-order valence-corrected chi connectivity index (χ2v) is 4.96. The number of para-hydroxylation sites is 2. The molecule has 1 heterocycles. The lowest BCUT2D eigenvalue weighted by Gasteiger charge is -2.22. The van der Waals surface area contributed by atoms with Gasteiger partial charge in [0.25, 0.3) is 0 Å². The van der Waals surface area contributed by atoms with Crippen LogP contribution >= 0.6 is 0 Å². The molecule has 1 aromatic carbocycles. The maximum Gasteiger partial charge on any atom is 0.142 e. The zero-order chi connectivity index (χ0) is 15.2. The van der Waals surface area contributed by atoms with Crippen molar-refractivity contribution in [2.24, 2.45) is 0 Å². The van der Waals surface area contributed by atoms with Crippen molar-refractivity contribution < 1.29 is 4.74 Å². The molecule has 0 amide bonds. The fourth-order valence-corrected chi connectivity index (χ4v) is 2.34. The van der Waals surface area contributed by atoms with Crippen molar-refractivity contribution in [3.8, 4) is 5.75 Å². The molecule has 0 spiro atoms. The fraction of sp³-hybridized carbons (Fsp3) is 0.353. The van der Waals surface area contributed by atoms with Gasteiger partial charge in [-0.05, 0) is 43.3 Å². The number of anilines is 2. The Morgan fingerprint density at radius 2 is 2.05 bits per heavy atom. The minimum absolute atomic E-state index is 0.308. The molecule has 0 aliphatic carbocycles. The topological polar surface area (TPSA) is 37.4 Å². The quantitative estimate of drug-likeness (QED) is 0.881. The van der Waals surface area contributed by atoms with Gasteiger partial charge in [-0.2, -0.15) is 0 Å². The van der Waals surface area contributed by atoms with Crippen LogP contribution in [0.1, 0.15) is 25.5 Å². The Hall–Kier alpha value is -2.07. The number of methoxy groups -OCH3 is 1. The van der Waals surface area contributed by atoms with Gasteiger partial charge in [0.2, 0.25) is 0 Å². The van der Waals surface area contributed by atoms with E-state index in [-0.39, 0.29) is 0 Å². The largest absolute Gasteiger partial charge is 0.495 e. The summed E-state index contributed by atoms with van der Waals surface area (Å²) in [5.74, 6) is 1.74. The van der Waals surface area contributed by atoms with Crippen LogP contribution in [-0.4, -0.2) is 25.7 Å². The lowest BCUT2D eigenvalue weighted by Crippen LogP contribution is -2.19. The van der Waals surface area contributed by atoms with Crippen molar-refractivity contribution in [2.45, 2.75) is 19.9 Å². The van der Waals surface area contributed by atoms with Gasteiger partial charge in [-0.25, -0.2) is 4.98 Å². The third-order valence-electron chi connectivity index (χ3n) is 3.57. The minimum atomic E-state index is 0.308. The maximum absolute atomic E-state index is 5.42. The van der Waals surface area contributed by atoms with E-state index in [1.54, 1.807) is 7.11 Å². The summed E-state index contributed by atoms with van der Waals surface area (Å²) in [6.07, 6.45) is 1.85. The number of benzene rings is 1. The van der Waals surface area contributed by atoms with E-state index in [9.17, 15) is 0 Å². The molecule has 0 radical (unpaired) electrons. The third-order valence-corrected chi connectivity index (χ3v) is 3.57. The highest BCUT2D eigenvalue weighted by Crippen LogP contribution is 2.31. The summed E-state index contributed by atoms with van der Waals surface area (Å²) in [6, 6.07) is 12.4. The Balaban J connectivity index is 2.31. The standard InChI is InChI=1S/C17H23N3O/c1-5-18-13(2)14-10-11-19-17(12-14)20(3)15-8-6-7-9-16(15)21-4/h6-13,18H,5H2,1-4H3. The highest BCUT2D eigenvalue weighted by Gasteiger charge is 2.12. The van der Waals surface area contributed by atoms with Gasteiger partial charge in [-0.15, -0.1) is 0 Å². The molecule has 4 nitrogen and oxygen atoms in total. The van der Waals surface area contributed by atoms with Gasteiger partial charge in [0, 0.05) is 19.3 Å². The molecule has 0 saturated carbocycles. The van der Waals surface area contributed by atoms with Crippen LogP contribution in [0.3, 0.4) is 0 Å². The Kier molecular flexibility index (Phi) is 5.17. The first-order valence-corrected chi connectivity index (χ1v) is 7.23. The molecule has 0 saturated heterocycles. The van der Waals surface area contributed by atoms with Gasteiger partial charge in [-0.3, -0.25) is 0 Å². The molecule has 0 fully saturated rings. The van der Waals surface area contributed by atoms with Crippen LogP contribution in [0.5, 0.6) is 5.75 Å². The maximum atomic E-state index is 5.42. The molecule has 2 rings (SSSR count). The number of hydrogen-bond acceptors (Lipinski definition) is 4. The Morgan fingerprint density at radius 3 is 2.76 bits per heavy atom. The van der Waals surface area contributed by atoms with E-state index in [1.807, 2.05) is 48.5 Å². The van der Waals surface area contributed by atoms with Crippen molar-refractivity contribution in [1.29, 1.82) is 0 Å².